The predicted octanol–water partition coefficient (Wildman–Crippen LogP) is 4.46. The Morgan fingerprint density at radius 1 is 1.16 bits per heavy atom. The molecule has 2 N–H and O–H groups in total. The Labute approximate surface area is 189 Å². The minimum absolute atomic E-state index is 0.143. The van der Waals surface area contributed by atoms with Crippen LogP contribution in [0.25, 0.3) is 11.1 Å². The maximum atomic E-state index is 12.9. The summed E-state index contributed by atoms with van der Waals surface area (Å²) < 4.78 is 5.28. The SMILES string of the molecule is COc1ccc(-c2cnc(N)nc2[C@H]2CCCN(C(=O)CCCc3ccccc3)C2)cc1. The fraction of sp³-hybridized carbons (Fsp3) is 0.346. The highest BCUT2D eigenvalue weighted by atomic mass is 16.5. The van der Waals surface area contributed by atoms with E-state index < -0.39 is 0 Å². The molecule has 166 valence electrons. The number of aromatic nitrogens is 2. The fourth-order valence-electron chi connectivity index (χ4n) is 4.39. The number of hydrogen-bond donors (Lipinski definition) is 1. The number of amides is 1. The third-order valence-corrected chi connectivity index (χ3v) is 6.10. The summed E-state index contributed by atoms with van der Waals surface area (Å²) in [6.45, 7) is 1.48. The first-order chi connectivity index (χ1) is 15.6. The van der Waals surface area contributed by atoms with Crippen molar-refractivity contribution in [2.45, 2.75) is 38.0 Å². The van der Waals surface area contributed by atoms with Gasteiger partial charge in [0.05, 0.1) is 12.8 Å². The summed E-state index contributed by atoms with van der Waals surface area (Å²) in [5, 5.41) is 0. The Balaban J connectivity index is 1.45. The van der Waals surface area contributed by atoms with E-state index in [2.05, 4.69) is 22.1 Å². The molecule has 3 aromatic rings. The molecule has 4 rings (SSSR count). The van der Waals surface area contributed by atoms with Crippen LogP contribution in [0, 0.1) is 0 Å². The molecule has 1 saturated heterocycles. The number of carbonyl (C=O) groups excluding carboxylic acids is 1. The van der Waals surface area contributed by atoms with Crippen molar-refractivity contribution >= 4 is 11.9 Å². The van der Waals surface area contributed by atoms with Crippen molar-refractivity contribution in [2.75, 3.05) is 25.9 Å². The summed E-state index contributed by atoms with van der Waals surface area (Å²) in [5.74, 6) is 1.43. The van der Waals surface area contributed by atoms with Crippen molar-refractivity contribution in [3.8, 4) is 16.9 Å². The van der Waals surface area contributed by atoms with Crippen LogP contribution in [-0.4, -0.2) is 41.0 Å². The molecule has 6 nitrogen and oxygen atoms in total. The summed E-state index contributed by atoms with van der Waals surface area (Å²) in [6, 6.07) is 18.2. The molecule has 2 heterocycles. The van der Waals surface area contributed by atoms with Gasteiger partial charge in [-0.25, -0.2) is 9.97 Å². The Bertz CT molecular complexity index is 1040. The second-order valence-corrected chi connectivity index (χ2v) is 8.27. The molecule has 1 aliphatic rings. The largest absolute Gasteiger partial charge is 0.497 e. The molecule has 0 unspecified atom stereocenters. The minimum Gasteiger partial charge on any atom is -0.497 e. The molecule has 2 aromatic carbocycles. The molecular formula is C26H30N4O2. The molecule has 0 bridgehead atoms. The van der Waals surface area contributed by atoms with Crippen molar-refractivity contribution in [2.24, 2.45) is 0 Å². The van der Waals surface area contributed by atoms with Crippen LogP contribution in [0.3, 0.4) is 0 Å². The van der Waals surface area contributed by atoms with Crippen LogP contribution in [0.4, 0.5) is 5.95 Å². The van der Waals surface area contributed by atoms with Gasteiger partial charge in [-0.3, -0.25) is 4.79 Å². The lowest BCUT2D eigenvalue weighted by molar-refractivity contribution is -0.132. The van der Waals surface area contributed by atoms with Gasteiger partial charge in [0.2, 0.25) is 11.9 Å². The standard InChI is InChI=1S/C26H30N4O2/c1-32-22-14-12-20(13-15-22)23-17-28-26(27)29-25(23)21-10-6-16-30(18-21)24(31)11-5-9-19-7-3-2-4-8-19/h2-4,7-8,12-15,17,21H,5-6,9-11,16,18H2,1H3,(H2,27,28,29)/t21-/m0/s1. The first-order valence-electron chi connectivity index (χ1n) is 11.2. The lowest BCUT2D eigenvalue weighted by Crippen LogP contribution is -2.39. The van der Waals surface area contributed by atoms with E-state index in [1.54, 1.807) is 13.3 Å². The van der Waals surface area contributed by atoms with E-state index in [4.69, 9.17) is 10.5 Å². The zero-order valence-corrected chi connectivity index (χ0v) is 18.5. The zero-order chi connectivity index (χ0) is 22.3. The molecule has 1 fully saturated rings. The molecule has 0 spiro atoms. The van der Waals surface area contributed by atoms with Crippen molar-refractivity contribution < 1.29 is 9.53 Å². The van der Waals surface area contributed by atoms with Gasteiger partial charge in [-0.05, 0) is 48.9 Å². The van der Waals surface area contributed by atoms with Crippen LogP contribution in [0.2, 0.25) is 0 Å². The molecule has 32 heavy (non-hydrogen) atoms. The van der Waals surface area contributed by atoms with Gasteiger partial charge in [-0.1, -0.05) is 42.5 Å². The number of aryl methyl sites for hydroxylation is 1. The average molecular weight is 431 g/mol. The number of benzene rings is 2. The van der Waals surface area contributed by atoms with Crippen LogP contribution in [-0.2, 0) is 11.2 Å². The van der Waals surface area contributed by atoms with E-state index in [1.165, 1.54) is 5.56 Å². The molecule has 1 aliphatic heterocycles. The van der Waals surface area contributed by atoms with Crippen LogP contribution in [0.15, 0.2) is 60.8 Å². The van der Waals surface area contributed by atoms with E-state index in [0.29, 0.717) is 13.0 Å². The maximum absolute atomic E-state index is 12.9. The number of methoxy groups -OCH3 is 1. The first-order valence-corrected chi connectivity index (χ1v) is 11.2. The molecule has 6 heteroatoms. The highest BCUT2D eigenvalue weighted by Gasteiger charge is 2.27. The van der Waals surface area contributed by atoms with Gasteiger partial charge in [0, 0.05) is 37.2 Å². The van der Waals surface area contributed by atoms with Gasteiger partial charge in [0.15, 0.2) is 0 Å². The predicted molar refractivity (Wildman–Crippen MR) is 126 cm³/mol. The van der Waals surface area contributed by atoms with E-state index in [0.717, 1.165) is 54.8 Å². The van der Waals surface area contributed by atoms with Crippen molar-refractivity contribution in [1.29, 1.82) is 0 Å². The number of anilines is 1. The third-order valence-electron chi connectivity index (χ3n) is 6.10. The topological polar surface area (TPSA) is 81.3 Å². The zero-order valence-electron chi connectivity index (χ0n) is 18.5. The maximum Gasteiger partial charge on any atom is 0.222 e. The highest BCUT2D eigenvalue weighted by Crippen LogP contribution is 2.34. The van der Waals surface area contributed by atoms with E-state index in [-0.39, 0.29) is 17.8 Å². The summed E-state index contributed by atoms with van der Waals surface area (Å²) in [6.07, 6.45) is 6.09. The van der Waals surface area contributed by atoms with Crippen LogP contribution >= 0.6 is 0 Å². The molecule has 1 atom stereocenters. The normalized spacial score (nSPS) is 16.0. The first kappa shape index (κ1) is 21.8. The average Bonchev–Trinajstić information content (AvgIpc) is 2.85. The fourth-order valence-corrected chi connectivity index (χ4v) is 4.39. The van der Waals surface area contributed by atoms with Gasteiger partial charge in [0.1, 0.15) is 5.75 Å². The number of rotatable bonds is 7. The molecule has 0 aliphatic carbocycles. The second-order valence-electron chi connectivity index (χ2n) is 8.27. The number of carbonyl (C=O) groups is 1. The second kappa shape index (κ2) is 10.3. The Kier molecular flexibility index (Phi) is 7.00. The number of likely N-dealkylation sites (tertiary alicyclic amines) is 1. The monoisotopic (exact) mass is 430 g/mol. The van der Waals surface area contributed by atoms with Crippen LogP contribution in [0.5, 0.6) is 5.75 Å². The van der Waals surface area contributed by atoms with E-state index in [1.807, 2.05) is 47.4 Å². The smallest absolute Gasteiger partial charge is 0.222 e. The van der Waals surface area contributed by atoms with Gasteiger partial charge in [-0.2, -0.15) is 0 Å². The number of nitrogens with two attached hydrogens (primary N) is 1. The van der Waals surface area contributed by atoms with Gasteiger partial charge < -0.3 is 15.4 Å². The highest BCUT2D eigenvalue weighted by molar-refractivity contribution is 5.76. The quantitative estimate of drug-likeness (QED) is 0.598. The number of hydrogen-bond acceptors (Lipinski definition) is 5. The van der Waals surface area contributed by atoms with Crippen molar-refractivity contribution in [3.63, 3.8) is 0 Å². The Morgan fingerprint density at radius 3 is 2.69 bits per heavy atom. The summed E-state index contributed by atoms with van der Waals surface area (Å²) >= 11 is 0. The number of piperidine rings is 1. The van der Waals surface area contributed by atoms with E-state index >= 15 is 0 Å². The van der Waals surface area contributed by atoms with Gasteiger partial charge in [0.25, 0.3) is 0 Å². The molecular weight excluding hydrogens is 400 g/mol. The Morgan fingerprint density at radius 2 is 1.94 bits per heavy atom. The number of nitrogens with zero attached hydrogens (tertiary/aromatic N) is 3. The van der Waals surface area contributed by atoms with Crippen LogP contribution in [0.1, 0.15) is 42.9 Å². The van der Waals surface area contributed by atoms with Gasteiger partial charge in [-0.15, -0.1) is 0 Å². The van der Waals surface area contributed by atoms with Crippen molar-refractivity contribution in [3.05, 3.63) is 72.1 Å². The molecule has 0 saturated carbocycles. The number of nitrogen functional groups attached to an aromatic ring is 1. The number of ether oxygens (including phenoxy) is 1. The lowest BCUT2D eigenvalue weighted by Gasteiger charge is -2.33. The van der Waals surface area contributed by atoms with Crippen LogP contribution < -0.4 is 10.5 Å². The molecule has 1 amide bonds. The minimum atomic E-state index is 0.143. The van der Waals surface area contributed by atoms with Crippen molar-refractivity contribution in [1.82, 2.24) is 14.9 Å². The summed E-state index contributed by atoms with van der Waals surface area (Å²) in [4.78, 5) is 23.7. The van der Waals surface area contributed by atoms with E-state index in [9.17, 15) is 4.79 Å². The lowest BCUT2D eigenvalue weighted by atomic mass is 9.89. The summed E-state index contributed by atoms with van der Waals surface area (Å²) in [7, 11) is 1.65. The third kappa shape index (κ3) is 5.25. The Hall–Kier alpha value is -3.41. The molecule has 1 aromatic heterocycles. The molecule has 0 radical (unpaired) electrons. The van der Waals surface area contributed by atoms with Gasteiger partial charge >= 0.3 is 0 Å². The summed E-state index contributed by atoms with van der Waals surface area (Å²) in [5.41, 5.74) is 10.1.